The Morgan fingerprint density at radius 3 is 2.67 bits per heavy atom. The lowest BCUT2D eigenvalue weighted by Crippen LogP contribution is -2.39. The lowest BCUT2D eigenvalue weighted by Gasteiger charge is -2.31. The van der Waals surface area contributed by atoms with E-state index in [-0.39, 0.29) is 5.91 Å². The number of piperidine rings is 1. The lowest BCUT2D eigenvalue weighted by molar-refractivity contribution is -0.119. The Bertz CT molecular complexity index is 506. The molecule has 0 unspecified atom stereocenters. The summed E-state index contributed by atoms with van der Waals surface area (Å²) in [6.07, 6.45) is 4.18. The molecular weight excluding hydrogens is 260 g/mol. The van der Waals surface area contributed by atoms with E-state index < -0.39 is 0 Å². The van der Waals surface area contributed by atoms with E-state index in [1.807, 2.05) is 11.0 Å². The molecule has 0 spiro atoms. The first kappa shape index (κ1) is 14.6. The number of hydrogen-bond acceptors (Lipinski definition) is 2. The first-order valence-electron chi connectivity index (χ1n) is 8.27. The fraction of sp³-hybridized carbons (Fsp3) is 0.611. The van der Waals surface area contributed by atoms with Gasteiger partial charge in [0.2, 0.25) is 5.91 Å². The van der Waals surface area contributed by atoms with Crippen LogP contribution >= 0.6 is 0 Å². The van der Waals surface area contributed by atoms with E-state index in [0.29, 0.717) is 12.5 Å². The van der Waals surface area contributed by atoms with E-state index >= 15 is 0 Å². The van der Waals surface area contributed by atoms with Crippen LogP contribution in [0.25, 0.3) is 0 Å². The molecular formula is C18H26N2O. The zero-order chi connectivity index (χ0) is 14.8. The molecule has 1 fully saturated rings. The van der Waals surface area contributed by atoms with Crippen LogP contribution in [0.1, 0.15) is 38.7 Å². The molecule has 0 aromatic heterocycles. The topological polar surface area (TPSA) is 23.6 Å². The second-order valence-electron chi connectivity index (χ2n) is 6.72. The van der Waals surface area contributed by atoms with Crippen LogP contribution in [0.15, 0.2) is 24.3 Å². The summed E-state index contributed by atoms with van der Waals surface area (Å²) in [6, 6.07) is 8.62. The van der Waals surface area contributed by atoms with Gasteiger partial charge in [0.25, 0.3) is 0 Å². The van der Waals surface area contributed by atoms with Gasteiger partial charge in [0.1, 0.15) is 0 Å². The molecule has 1 atom stereocenters. The van der Waals surface area contributed by atoms with E-state index in [2.05, 4.69) is 36.9 Å². The average molecular weight is 286 g/mol. The number of hydrogen-bond donors (Lipinski definition) is 0. The molecule has 0 saturated carbocycles. The van der Waals surface area contributed by atoms with Crippen LogP contribution in [0.4, 0.5) is 5.69 Å². The number of para-hydroxylation sites is 1. The van der Waals surface area contributed by atoms with E-state index in [0.717, 1.165) is 37.7 Å². The summed E-state index contributed by atoms with van der Waals surface area (Å²) in [7, 11) is 0. The highest BCUT2D eigenvalue weighted by Gasteiger charge is 2.30. The quantitative estimate of drug-likeness (QED) is 0.852. The minimum absolute atomic E-state index is 0.283. The molecule has 3 nitrogen and oxygen atoms in total. The first-order valence-corrected chi connectivity index (χ1v) is 8.27. The van der Waals surface area contributed by atoms with Crippen LogP contribution < -0.4 is 4.90 Å². The highest BCUT2D eigenvalue weighted by molar-refractivity contribution is 5.96. The molecule has 1 aromatic carbocycles. The standard InChI is InChI=1S/C18H26N2O/c1-14-7-10-19(11-8-14)12-9-18(21)20-15(2)13-16-5-3-4-6-17(16)20/h3-6,14-15H,7-13H2,1-2H3/t15-/m0/s1. The molecule has 2 heterocycles. The van der Waals surface area contributed by atoms with Gasteiger partial charge in [-0.2, -0.15) is 0 Å². The fourth-order valence-corrected chi connectivity index (χ4v) is 3.61. The molecule has 3 rings (SSSR count). The van der Waals surface area contributed by atoms with Gasteiger partial charge in [-0.1, -0.05) is 25.1 Å². The lowest BCUT2D eigenvalue weighted by atomic mass is 9.99. The van der Waals surface area contributed by atoms with E-state index in [1.54, 1.807) is 0 Å². The first-order chi connectivity index (χ1) is 10.1. The summed E-state index contributed by atoms with van der Waals surface area (Å²) in [4.78, 5) is 17.1. The highest BCUT2D eigenvalue weighted by Crippen LogP contribution is 2.32. The maximum Gasteiger partial charge on any atom is 0.228 e. The van der Waals surface area contributed by atoms with Crippen molar-refractivity contribution in [2.75, 3.05) is 24.5 Å². The van der Waals surface area contributed by atoms with Gasteiger partial charge in [0.15, 0.2) is 0 Å². The summed E-state index contributed by atoms with van der Waals surface area (Å²) < 4.78 is 0. The van der Waals surface area contributed by atoms with Crippen molar-refractivity contribution in [1.29, 1.82) is 0 Å². The number of nitrogens with zero attached hydrogens (tertiary/aromatic N) is 2. The second-order valence-corrected chi connectivity index (χ2v) is 6.72. The van der Waals surface area contributed by atoms with E-state index in [9.17, 15) is 4.79 Å². The zero-order valence-corrected chi connectivity index (χ0v) is 13.2. The van der Waals surface area contributed by atoms with Gasteiger partial charge in [-0.15, -0.1) is 0 Å². The summed E-state index contributed by atoms with van der Waals surface area (Å²) in [5.41, 5.74) is 2.44. The number of rotatable bonds is 3. The largest absolute Gasteiger partial charge is 0.309 e. The van der Waals surface area contributed by atoms with Gasteiger partial charge in [-0.05, 0) is 56.8 Å². The Balaban J connectivity index is 1.58. The van der Waals surface area contributed by atoms with Crippen molar-refractivity contribution >= 4 is 11.6 Å². The van der Waals surface area contributed by atoms with Crippen molar-refractivity contribution in [3.63, 3.8) is 0 Å². The van der Waals surface area contributed by atoms with Crippen LogP contribution in [0.2, 0.25) is 0 Å². The molecule has 2 aliphatic rings. The Morgan fingerprint density at radius 1 is 1.19 bits per heavy atom. The fourth-order valence-electron chi connectivity index (χ4n) is 3.61. The number of fused-ring (bicyclic) bond motifs is 1. The molecule has 0 radical (unpaired) electrons. The summed E-state index contributed by atoms with van der Waals surface area (Å²) in [6.45, 7) is 7.70. The molecule has 21 heavy (non-hydrogen) atoms. The molecule has 3 heteroatoms. The van der Waals surface area contributed by atoms with Crippen molar-refractivity contribution in [3.05, 3.63) is 29.8 Å². The molecule has 114 valence electrons. The van der Waals surface area contributed by atoms with Gasteiger partial charge in [-0.25, -0.2) is 0 Å². The van der Waals surface area contributed by atoms with Crippen molar-refractivity contribution in [2.24, 2.45) is 5.92 Å². The van der Waals surface area contributed by atoms with E-state index in [4.69, 9.17) is 0 Å². The molecule has 0 N–H and O–H groups in total. The average Bonchev–Trinajstić information content (AvgIpc) is 2.82. The number of carbonyl (C=O) groups is 1. The van der Waals surface area contributed by atoms with Crippen LogP contribution in [0, 0.1) is 5.92 Å². The van der Waals surface area contributed by atoms with E-state index in [1.165, 1.54) is 18.4 Å². The van der Waals surface area contributed by atoms with Crippen molar-refractivity contribution in [1.82, 2.24) is 4.90 Å². The number of carbonyl (C=O) groups excluding carboxylic acids is 1. The maximum absolute atomic E-state index is 12.6. The minimum atomic E-state index is 0.283. The van der Waals surface area contributed by atoms with Gasteiger partial charge in [-0.3, -0.25) is 4.79 Å². The second kappa shape index (κ2) is 6.18. The van der Waals surface area contributed by atoms with Crippen LogP contribution in [-0.4, -0.2) is 36.5 Å². The van der Waals surface area contributed by atoms with Crippen molar-refractivity contribution < 1.29 is 4.79 Å². The third kappa shape index (κ3) is 3.13. The Labute approximate surface area is 127 Å². The number of amides is 1. The summed E-state index contributed by atoms with van der Waals surface area (Å²) >= 11 is 0. The Morgan fingerprint density at radius 2 is 1.90 bits per heavy atom. The van der Waals surface area contributed by atoms with Crippen LogP contribution in [0.3, 0.4) is 0 Å². The van der Waals surface area contributed by atoms with Crippen LogP contribution in [0.5, 0.6) is 0 Å². The van der Waals surface area contributed by atoms with Gasteiger partial charge in [0.05, 0.1) is 0 Å². The summed E-state index contributed by atoms with van der Waals surface area (Å²) in [5, 5.41) is 0. The van der Waals surface area contributed by atoms with Crippen LogP contribution in [-0.2, 0) is 11.2 Å². The Kier molecular flexibility index (Phi) is 4.29. The third-order valence-electron chi connectivity index (χ3n) is 4.99. The van der Waals surface area contributed by atoms with Gasteiger partial charge in [0, 0.05) is 24.7 Å². The zero-order valence-electron chi connectivity index (χ0n) is 13.2. The Hall–Kier alpha value is -1.35. The van der Waals surface area contributed by atoms with Crippen molar-refractivity contribution in [3.8, 4) is 0 Å². The molecule has 1 saturated heterocycles. The van der Waals surface area contributed by atoms with Gasteiger partial charge < -0.3 is 9.80 Å². The predicted molar refractivity (Wildman–Crippen MR) is 86.5 cm³/mol. The van der Waals surface area contributed by atoms with Crippen molar-refractivity contribution in [2.45, 2.75) is 45.6 Å². The normalized spacial score (nSPS) is 23.3. The van der Waals surface area contributed by atoms with Gasteiger partial charge >= 0.3 is 0 Å². The molecule has 0 bridgehead atoms. The summed E-state index contributed by atoms with van der Waals surface area (Å²) in [5.74, 6) is 1.13. The highest BCUT2D eigenvalue weighted by atomic mass is 16.2. The SMILES string of the molecule is CC1CCN(CCC(=O)N2c3ccccc3C[C@@H]2C)CC1. The predicted octanol–water partition coefficient (Wildman–Crippen LogP) is 3.09. The third-order valence-corrected chi connectivity index (χ3v) is 4.99. The molecule has 1 aromatic rings. The maximum atomic E-state index is 12.6. The smallest absolute Gasteiger partial charge is 0.228 e. The number of benzene rings is 1. The minimum Gasteiger partial charge on any atom is -0.309 e. The molecule has 0 aliphatic carbocycles. The number of likely N-dealkylation sites (tertiary alicyclic amines) is 1. The number of anilines is 1. The monoisotopic (exact) mass is 286 g/mol. The molecule has 2 aliphatic heterocycles. The molecule has 1 amide bonds.